The molecule has 0 fully saturated rings. The number of carbonyl (C=O) groups excluding carboxylic acids is 3. The summed E-state index contributed by atoms with van der Waals surface area (Å²) in [4.78, 5) is 40.6. The Labute approximate surface area is 187 Å². The lowest BCUT2D eigenvalue weighted by molar-refractivity contribution is -0.119. The summed E-state index contributed by atoms with van der Waals surface area (Å²) in [6.45, 7) is 0.0661. The molecule has 2 aromatic carbocycles. The number of thiazole rings is 1. The van der Waals surface area contributed by atoms with Gasteiger partial charge in [-0.3, -0.25) is 9.59 Å². The Hall–Kier alpha value is -3.11. The Morgan fingerprint density at radius 3 is 2.68 bits per heavy atom. The Morgan fingerprint density at radius 2 is 1.97 bits per heavy atom. The maximum absolute atomic E-state index is 12.8. The first-order valence-electron chi connectivity index (χ1n) is 9.45. The van der Waals surface area contributed by atoms with Gasteiger partial charge in [0.05, 0.1) is 10.2 Å². The van der Waals surface area contributed by atoms with Crippen molar-refractivity contribution in [1.29, 1.82) is 0 Å². The van der Waals surface area contributed by atoms with E-state index >= 15 is 0 Å². The number of nitrogens with one attached hydrogen (secondary N) is 2. The summed E-state index contributed by atoms with van der Waals surface area (Å²) in [5, 5.41) is 5.29. The van der Waals surface area contributed by atoms with Crippen molar-refractivity contribution in [3.05, 3.63) is 54.1 Å². The number of carbonyl (C=O) groups is 3. The third kappa shape index (κ3) is 6.69. The molecular formula is C21H22N4O4S2. The summed E-state index contributed by atoms with van der Waals surface area (Å²) in [7, 11) is 0. The van der Waals surface area contributed by atoms with E-state index in [1.807, 2.05) is 48.7 Å². The molecule has 0 radical (unpaired) electrons. The normalized spacial score (nSPS) is 11.6. The van der Waals surface area contributed by atoms with E-state index in [1.54, 1.807) is 17.8 Å². The Kier molecular flexibility index (Phi) is 7.85. The van der Waals surface area contributed by atoms with Gasteiger partial charge in [0.15, 0.2) is 4.34 Å². The van der Waals surface area contributed by atoms with Crippen molar-refractivity contribution < 1.29 is 19.1 Å². The van der Waals surface area contributed by atoms with E-state index in [0.717, 1.165) is 20.1 Å². The number of nitrogens with two attached hydrogens (primary N) is 1. The van der Waals surface area contributed by atoms with Crippen molar-refractivity contribution in [3.8, 4) is 0 Å². The summed E-state index contributed by atoms with van der Waals surface area (Å²) >= 11 is 3.08. The average molecular weight is 459 g/mol. The summed E-state index contributed by atoms with van der Waals surface area (Å²) in [5.41, 5.74) is 7.45. The van der Waals surface area contributed by atoms with E-state index in [1.165, 1.54) is 11.3 Å². The SMILES string of the molecule is CSc1nc2ccc(NC(=O)[C@H](CCC(N)=O)NC(=O)OCc3ccccc3)cc2s1. The lowest BCUT2D eigenvalue weighted by Gasteiger charge is -2.18. The number of amides is 3. The van der Waals surface area contributed by atoms with Crippen molar-refractivity contribution in [2.24, 2.45) is 5.73 Å². The van der Waals surface area contributed by atoms with Gasteiger partial charge in [-0.1, -0.05) is 42.1 Å². The number of hydrogen-bond acceptors (Lipinski definition) is 7. The van der Waals surface area contributed by atoms with E-state index < -0.39 is 23.9 Å². The Bertz CT molecular complexity index is 1070. The first-order valence-corrected chi connectivity index (χ1v) is 11.5. The second kappa shape index (κ2) is 10.8. The van der Waals surface area contributed by atoms with Gasteiger partial charge in [-0.15, -0.1) is 11.3 Å². The molecule has 1 heterocycles. The van der Waals surface area contributed by atoms with Crippen molar-refractivity contribution >= 4 is 56.9 Å². The molecule has 31 heavy (non-hydrogen) atoms. The maximum atomic E-state index is 12.8. The van der Waals surface area contributed by atoms with E-state index in [0.29, 0.717) is 5.69 Å². The molecule has 0 spiro atoms. The van der Waals surface area contributed by atoms with Gasteiger partial charge in [0.1, 0.15) is 12.6 Å². The number of nitrogens with zero attached hydrogens (tertiary/aromatic N) is 1. The number of thioether (sulfide) groups is 1. The predicted octanol–water partition coefficient (Wildman–Crippen LogP) is 3.52. The van der Waals surface area contributed by atoms with Crippen LogP contribution in [0.1, 0.15) is 18.4 Å². The monoisotopic (exact) mass is 458 g/mol. The van der Waals surface area contributed by atoms with Crippen LogP contribution in [-0.2, 0) is 20.9 Å². The summed E-state index contributed by atoms with van der Waals surface area (Å²) < 4.78 is 7.05. The summed E-state index contributed by atoms with van der Waals surface area (Å²) in [5.74, 6) is -1.03. The fraction of sp³-hybridized carbons (Fsp3) is 0.238. The lowest BCUT2D eigenvalue weighted by Crippen LogP contribution is -2.44. The summed E-state index contributed by atoms with van der Waals surface area (Å²) in [6, 6.07) is 13.6. The smallest absolute Gasteiger partial charge is 0.408 e. The molecule has 3 amide bonds. The van der Waals surface area contributed by atoms with E-state index in [4.69, 9.17) is 10.5 Å². The van der Waals surface area contributed by atoms with Gasteiger partial charge in [0.25, 0.3) is 0 Å². The zero-order valence-corrected chi connectivity index (χ0v) is 18.4. The molecule has 0 aliphatic heterocycles. The minimum atomic E-state index is -0.977. The number of fused-ring (bicyclic) bond motifs is 1. The average Bonchev–Trinajstić information content (AvgIpc) is 3.18. The Morgan fingerprint density at radius 1 is 1.19 bits per heavy atom. The van der Waals surface area contributed by atoms with Gasteiger partial charge < -0.3 is 21.1 Å². The number of ether oxygens (including phenoxy) is 1. The first-order chi connectivity index (χ1) is 14.9. The predicted molar refractivity (Wildman–Crippen MR) is 122 cm³/mol. The van der Waals surface area contributed by atoms with Gasteiger partial charge in [0.2, 0.25) is 11.8 Å². The Balaban J connectivity index is 1.64. The minimum absolute atomic E-state index is 0.0536. The van der Waals surface area contributed by atoms with Crippen LogP contribution in [0.15, 0.2) is 52.9 Å². The molecule has 10 heteroatoms. The second-order valence-electron chi connectivity index (χ2n) is 6.62. The number of anilines is 1. The molecule has 0 saturated heterocycles. The van der Waals surface area contributed by atoms with Crippen molar-refractivity contribution in [1.82, 2.24) is 10.3 Å². The van der Waals surface area contributed by atoms with E-state index in [2.05, 4.69) is 15.6 Å². The number of hydrogen-bond donors (Lipinski definition) is 3. The fourth-order valence-corrected chi connectivity index (χ4v) is 4.29. The van der Waals surface area contributed by atoms with Crippen LogP contribution in [0.5, 0.6) is 0 Å². The van der Waals surface area contributed by atoms with Crippen LogP contribution in [0.3, 0.4) is 0 Å². The van der Waals surface area contributed by atoms with E-state index in [9.17, 15) is 14.4 Å². The van der Waals surface area contributed by atoms with Crippen LogP contribution in [0.25, 0.3) is 10.2 Å². The van der Waals surface area contributed by atoms with Crippen LogP contribution in [0, 0.1) is 0 Å². The highest BCUT2D eigenvalue weighted by atomic mass is 32.2. The molecule has 3 aromatic rings. The van der Waals surface area contributed by atoms with Crippen LogP contribution < -0.4 is 16.4 Å². The molecular weight excluding hydrogens is 436 g/mol. The van der Waals surface area contributed by atoms with Crippen LogP contribution in [-0.4, -0.2) is 35.2 Å². The lowest BCUT2D eigenvalue weighted by atomic mass is 10.1. The highest BCUT2D eigenvalue weighted by Crippen LogP contribution is 2.30. The van der Waals surface area contributed by atoms with E-state index in [-0.39, 0.29) is 19.4 Å². The zero-order valence-electron chi connectivity index (χ0n) is 16.8. The minimum Gasteiger partial charge on any atom is -0.445 e. The highest BCUT2D eigenvalue weighted by molar-refractivity contribution is 8.00. The third-order valence-corrected chi connectivity index (χ3v) is 6.32. The molecule has 8 nitrogen and oxygen atoms in total. The summed E-state index contributed by atoms with van der Waals surface area (Å²) in [6.07, 6.45) is 1.20. The zero-order chi connectivity index (χ0) is 22.2. The maximum Gasteiger partial charge on any atom is 0.408 e. The second-order valence-corrected chi connectivity index (χ2v) is 8.70. The molecule has 4 N–H and O–H groups in total. The molecule has 1 atom stereocenters. The fourth-order valence-electron chi connectivity index (χ4n) is 2.76. The van der Waals surface area contributed by atoms with Crippen molar-refractivity contribution in [2.45, 2.75) is 29.8 Å². The third-order valence-electron chi connectivity index (χ3n) is 4.31. The molecule has 0 aliphatic carbocycles. The number of benzene rings is 2. The first kappa shape index (κ1) is 22.6. The molecule has 1 aromatic heterocycles. The topological polar surface area (TPSA) is 123 Å². The van der Waals surface area contributed by atoms with Gasteiger partial charge in [0, 0.05) is 12.1 Å². The molecule has 162 valence electrons. The van der Waals surface area contributed by atoms with Crippen molar-refractivity contribution in [3.63, 3.8) is 0 Å². The molecule has 0 aliphatic rings. The van der Waals surface area contributed by atoms with Crippen LogP contribution in [0.4, 0.5) is 10.5 Å². The number of rotatable bonds is 9. The molecule has 0 bridgehead atoms. The van der Waals surface area contributed by atoms with Gasteiger partial charge in [-0.2, -0.15) is 0 Å². The number of alkyl carbamates (subject to hydrolysis) is 1. The quantitative estimate of drug-likeness (QED) is 0.422. The van der Waals surface area contributed by atoms with Gasteiger partial charge in [-0.05, 0) is 36.4 Å². The molecule has 3 rings (SSSR count). The van der Waals surface area contributed by atoms with Gasteiger partial charge >= 0.3 is 6.09 Å². The highest BCUT2D eigenvalue weighted by Gasteiger charge is 2.22. The largest absolute Gasteiger partial charge is 0.445 e. The number of aromatic nitrogens is 1. The van der Waals surface area contributed by atoms with Crippen LogP contribution in [0.2, 0.25) is 0 Å². The van der Waals surface area contributed by atoms with Crippen LogP contribution >= 0.6 is 23.1 Å². The molecule has 0 unspecified atom stereocenters. The standard InChI is InChI=1S/C21H22N4O4S2/c1-30-21-25-15-8-7-14(11-17(15)31-21)23-19(27)16(9-10-18(22)26)24-20(28)29-12-13-5-3-2-4-6-13/h2-8,11,16H,9-10,12H2,1H3,(H2,22,26)(H,23,27)(H,24,28)/t16-/m0/s1. The molecule has 0 saturated carbocycles. The van der Waals surface area contributed by atoms with Crippen molar-refractivity contribution in [2.75, 3.05) is 11.6 Å². The van der Waals surface area contributed by atoms with Gasteiger partial charge in [-0.25, -0.2) is 9.78 Å². The number of primary amides is 1.